The van der Waals surface area contributed by atoms with E-state index in [4.69, 9.17) is 28.4 Å². The van der Waals surface area contributed by atoms with E-state index >= 15 is 0 Å². The van der Waals surface area contributed by atoms with Gasteiger partial charge in [0.1, 0.15) is 6.10 Å². The van der Waals surface area contributed by atoms with E-state index < -0.39 is 5.41 Å². The van der Waals surface area contributed by atoms with Crippen molar-refractivity contribution in [3.05, 3.63) is 35.8 Å². The van der Waals surface area contributed by atoms with Gasteiger partial charge in [-0.05, 0) is 79.4 Å². The molecule has 5 unspecified atom stereocenters. The number of carbonyl (C=O) groups is 2. The lowest BCUT2D eigenvalue weighted by molar-refractivity contribution is -0.318. The molecule has 6 rings (SSSR count). The number of carbonyl (C=O) groups excluding carboxylic acids is 2. The third-order valence-electron chi connectivity index (χ3n) is 12.4. The van der Waals surface area contributed by atoms with E-state index in [9.17, 15) is 9.59 Å². The first-order chi connectivity index (χ1) is 19.5. The Labute approximate surface area is 243 Å². The van der Waals surface area contributed by atoms with Gasteiger partial charge in [-0.1, -0.05) is 26.8 Å². The number of Topliss-reactive ketones (excluding diaryl/α,β-unsaturated/α-hetero) is 1. The van der Waals surface area contributed by atoms with Crippen molar-refractivity contribution in [3.63, 3.8) is 0 Å². The third kappa shape index (κ3) is 4.15. The Morgan fingerprint density at radius 3 is 2.56 bits per heavy atom. The number of ether oxygens (including phenoxy) is 3. The zero-order valence-corrected chi connectivity index (χ0v) is 25.5. The van der Waals surface area contributed by atoms with E-state index in [0.717, 1.165) is 18.4 Å². The van der Waals surface area contributed by atoms with Crippen LogP contribution in [-0.2, 0) is 33.6 Å². The molecule has 0 N–H and O–H groups in total. The predicted octanol–water partition coefficient (Wildman–Crippen LogP) is 5.66. The van der Waals surface area contributed by atoms with Gasteiger partial charge >= 0.3 is 5.97 Å². The van der Waals surface area contributed by atoms with Crippen molar-refractivity contribution in [1.29, 1.82) is 0 Å². The summed E-state index contributed by atoms with van der Waals surface area (Å²) in [5.41, 5.74) is 0.954. The topological polar surface area (TPSA) is 93.4 Å². The van der Waals surface area contributed by atoms with Crippen molar-refractivity contribution in [2.75, 3.05) is 20.3 Å². The molecule has 8 nitrogen and oxygen atoms in total. The second kappa shape index (κ2) is 10.3. The number of rotatable bonds is 8. The Balaban J connectivity index is 1.46. The fourth-order valence-corrected chi connectivity index (χ4v) is 10.4. The van der Waals surface area contributed by atoms with Crippen LogP contribution in [0, 0.1) is 39.9 Å². The lowest BCUT2D eigenvalue weighted by atomic mass is 9.38. The first-order valence-electron chi connectivity index (χ1n) is 15.3. The van der Waals surface area contributed by atoms with E-state index in [2.05, 4.69) is 26.8 Å². The molecule has 41 heavy (non-hydrogen) atoms. The first-order valence-corrected chi connectivity index (χ1v) is 15.3. The largest absolute Gasteiger partial charge is 0.472 e. The van der Waals surface area contributed by atoms with Crippen LogP contribution < -0.4 is 0 Å². The Morgan fingerprint density at radius 2 is 1.90 bits per heavy atom. The monoisotopic (exact) mass is 570 g/mol. The van der Waals surface area contributed by atoms with Crippen molar-refractivity contribution in [2.24, 2.45) is 39.9 Å². The summed E-state index contributed by atoms with van der Waals surface area (Å²) in [6.07, 6.45) is 7.91. The Kier molecular flexibility index (Phi) is 7.32. The zero-order valence-electron chi connectivity index (χ0n) is 25.5. The van der Waals surface area contributed by atoms with Crippen LogP contribution in [0.4, 0.5) is 0 Å². The molecule has 0 amide bonds. The van der Waals surface area contributed by atoms with Gasteiger partial charge in [0.2, 0.25) is 0 Å². The van der Waals surface area contributed by atoms with Crippen molar-refractivity contribution in [2.45, 2.75) is 97.6 Å². The molecule has 0 radical (unpaired) electrons. The summed E-state index contributed by atoms with van der Waals surface area (Å²) >= 11 is 0. The van der Waals surface area contributed by atoms with Gasteiger partial charge in [-0.25, -0.2) is 9.78 Å². The van der Waals surface area contributed by atoms with Crippen LogP contribution in [-0.4, -0.2) is 56.5 Å². The van der Waals surface area contributed by atoms with E-state index in [-0.39, 0.29) is 64.8 Å². The van der Waals surface area contributed by atoms with Crippen LogP contribution in [0.25, 0.3) is 0 Å². The molecular weight excluding hydrogens is 524 g/mol. The standard InChI is InChI=1S/C33H46O8/c1-8-18(2)24(35)13-22-14-27(40-19(3)34)31(4)17-38-28-29(31)32(22,5)26(16-39-36-7)33(6)23-11-21(20-9-10-37-15-20)12-25(23)41-30(28)33/h8-10,15,21-23,25-30H,11-14,16-17H2,1-7H3/b18-8+/t21?,22-,23?,25?,26+,27+,28?,29-,30?,31+,32+,33-/m0/s1. The number of hydrogen-bond donors (Lipinski definition) is 0. The molecule has 3 saturated carbocycles. The number of esters is 1. The second-order valence-corrected chi connectivity index (χ2v) is 14.1. The van der Waals surface area contributed by atoms with Crippen molar-refractivity contribution in [1.82, 2.24) is 0 Å². The molecule has 2 aliphatic heterocycles. The third-order valence-corrected chi connectivity index (χ3v) is 12.4. The van der Waals surface area contributed by atoms with Crippen molar-refractivity contribution in [3.8, 4) is 0 Å². The molecule has 0 aromatic carbocycles. The highest BCUT2D eigenvalue weighted by atomic mass is 17.2. The van der Waals surface area contributed by atoms with Crippen LogP contribution >= 0.6 is 0 Å². The molecular formula is C33H46O8. The van der Waals surface area contributed by atoms with Gasteiger partial charge in [0.15, 0.2) is 5.78 Å². The van der Waals surface area contributed by atoms with Crippen LogP contribution in [0.3, 0.4) is 0 Å². The van der Waals surface area contributed by atoms with Gasteiger partial charge in [-0.2, -0.15) is 0 Å². The molecule has 1 aromatic rings. The minimum absolute atomic E-state index is 0.0174. The lowest BCUT2D eigenvalue weighted by Crippen LogP contribution is -2.70. The highest BCUT2D eigenvalue weighted by molar-refractivity contribution is 5.94. The molecule has 1 aromatic heterocycles. The molecule has 12 atom stereocenters. The quantitative estimate of drug-likeness (QED) is 0.171. The zero-order chi connectivity index (χ0) is 29.3. The maximum absolute atomic E-state index is 13.5. The Morgan fingerprint density at radius 1 is 1.12 bits per heavy atom. The van der Waals surface area contributed by atoms with E-state index in [0.29, 0.717) is 37.9 Å². The molecule has 226 valence electrons. The average molecular weight is 571 g/mol. The summed E-state index contributed by atoms with van der Waals surface area (Å²) in [4.78, 5) is 37.0. The van der Waals surface area contributed by atoms with Gasteiger partial charge in [-0.3, -0.25) is 9.59 Å². The van der Waals surface area contributed by atoms with Gasteiger partial charge < -0.3 is 18.6 Å². The summed E-state index contributed by atoms with van der Waals surface area (Å²) in [6.45, 7) is 13.1. The number of fused-ring (bicyclic) bond motifs is 4. The fraction of sp³-hybridized carbons (Fsp3) is 0.758. The molecule has 8 heteroatoms. The SMILES string of the molecule is C/C=C(\C)C(=O)C[C@H]1C[C@@H](OC(C)=O)[C@@]2(C)COC3C4OC5CC(c6ccoc6)CC5[C@@]4(C)[C@H](COOC)[C@]1(C)[C@@H]32. The highest BCUT2D eigenvalue weighted by Gasteiger charge is 2.78. The normalized spacial score (nSPS) is 46.6. The summed E-state index contributed by atoms with van der Waals surface area (Å²) in [5.74, 6) is 0.525. The van der Waals surface area contributed by atoms with Crippen LogP contribution in [0.1, 0.15) is 78.7 Å². The van der Waals surface area contributed by atoms with Crippen molar-refractivity contribution >= 4 is 11.8 Å². The number of hydrogen-bond acceptors (Lipinski definition) is 8. The van der Waals surface area contributed by atoms with E-state index in [1.54, 1.807) is 13.4 Å². The minimum atomic E-state index is -0.409. The highest BCUT2D eigenvalue weighted by Crippen LogP contribution is 2.74. The predicted molar refractivity (Wildman–Crippen MR) is 150 cm³/mol. The maximum atomic E-state index is 13.5. The maximum Gasteiger partial charge on any atom is 0.302 e. The summed E-state index contributed by atoms with van der Waals surface area (Å²) in [7, 11) is 1.56. The Bertz CT molecular complexity index is 1190. The molecule has 3 heterocycles. The number of ketones is 1. The van der Waals surface area contributed by atoms with Gasteiger partial charge in [0.25, 0.3) is 0 Å². The summed E-state index contributed by atoms with van der Waals surface area (Å²) in [6, 6.07) is 2.07. The van der Waals surface area contributed by atoms with Crippen molar-refractivity contribution < 1.29 is 38.0 Å². The van der Waals surface area contributed by atoms with E-state index in [1.807, 2.05) is 26.2 Å². The fourth-order valence-electron chi connectivity index (χ4n) is 10.4. The lowest BCUT2D eigenvalue weighted by Gasteiger charge is -2.66. The van der Waals surface area contributed by atoms with Crippen LogP contribution in [0.2, 0.25) is 0 Å². The minimum Gasteiger partial charge on any atom is -0.472 e. The Hall–Kier alpha value is -2.00. The molecule has 2 saturated heterocycles. The van der Waals surface area contributed by atoms with Gasteiger partial charge in [0.05, 0.1) is 51.2 Å². The molecule has 0 bridgehead atoms. The summed E-state index contributed by atoms with van der Waals surface area (Å²) in [5, 5.41) is 0. The van der Waals surface area contributed by atoms with Gasteiger partial charge in [-0.15, -0.1) is 0 Å². The molecule has 5 fully saturated rings. The van der Waals surface area contributed by atoms with Crippen LogP contribution in [0.15, 0.2) is 34.7 Å². The number of furan rings is 1. The second-order valence-electron chi connectivity index (χ2n) is 14.1. The smallest absolute Gasteiger partial charge is 0.302 e. The summed E-state index contributed by atoms with van der Waals surface area (Å²) < 4.78 is 25.3. The molecule has 5 aliphatic rings. The van der Waals surface area contributed by atoms with Gasteiger partial charge in [0, 0.05) is 30.1 Å². The number of allylic oxidation sites excluding steroid dienone is 2. The van der Waals surface area contributed by atoms with E-state index in [1.165, 1.54) is 12.5 Å². The first kappa shape index (κ1) is 29.1. The average Bonchev–Trinajstić information content (AvgIpc) is 3.71. The van der Waals surface area contributed by atoms with Crippen LogP contribution in [0.5, 0.6) is 0 Å². The molecule has 3 aliphatic carbocycles. The molecule has 0 spiro atoms.